The van der Waals surface area contributed by atoms with Crippen LogP contribution >= 0.6 is 35.3 Å². The van der Waals surface area contributed by atoms with Crippen molar-refractivity contribution in [1.29, 1.82) is 0 Å². The van der Waals surface area contributed by atoms with Gasteiger partial charge in [-0.15, -0.1) is 35.3 Å². The summed E-state index contributed by atoms with van der Waals surface area (Å²) in [5.74, 6) is 0.860. The molecule has 0 aliphatic heterocycles. The van der Waals surface area contributed by atoms with Crippen molar-refractivity contribution in [3.8, 4) is 0 Å². The Morgan fingerprint density at radius 3 is 2.48 bits per heavy atom. The largest absolute Gasteiger partial charge is 0.375 e. The number of aliphatic imine (C=N–C) groups is 1. The Morgan fingerprint density at radius 1 is 1.30 bits per heavy atom. The highest BCUT2D eigenvalue weighted by Gasteiger charge is 2.13. The number of benzene rings is 1. The monoisotopic (exact) mass is 502 g/mol. The Bertz CT molecular complexity index is 752. The summed E-state index contributed by atoms with van der Waals surface area (Å²) in [6, 6.07) is 4.45. The van der Waals surface area contributed by atoms with Gasteiger partial charge in [-0.2, -0.15) is 0 Å². The molecular weight excluding hydrogens is 471 g/mol. The number of hydrogen-bond donors (Lipinski definition) is 1. The van der Waals surface area contributed by atoms with Gasteiger partial charge in [0.2, 0.25) is 0 Å². The summed E-state index contributed by atoms with van der Waals surface area (Å²) < 4.78 is 5.34. The number of aryl methyl sites for hydroxylation is 3. The highest BCUT2D eigenvalue weighted by Crippen LogP contribution is 2.21. The number of rotatable bonds is 6. The molecule has 7 heteroatoms. The van der Waals surface area contributed by atoms with Crippen LogP contribution < -0.4 is 5.32 Å². The van der Waals surface area contributed by atoms with Gasteiger partial charge in [-0.05, 0) is 44.4 Å². The number of ether oxygens (including phenoxy) is 1. The number of halogens is 1. The van der Waals surface area contributed by atoms with E-state index in [1.165, 1.54) is 22.3 Å². The smallest absolute Gasteiger partial charge is 0.194 e. The van der Waals surface area contributed by atoms with Crippen molar-refractivity contribution in [3.05, 3.63) is 50.5 Å². The van der Waals surface area contributed by atoms with Crippen LogP contribution in [0, 0.1) is 20.8 Å². The van der Waals surface area contributed by atoms with Crippen LogP contribution in [0.25, 0.3) is 0 Å². The van der Waals surface area contributed by atoms with Gasteiger partial charge in [0.05, 0.1) is 12.2 Å². The molecule has 1 aromatic carbocycles. The number of aromatic nitrogens is 1. The van der Waals surface area contributed by atoms with Gasteiger partial charge in [0.25, 0.3) is 0 Å². The van der Waals surface area contributed by atoms with E-state index in [-0.39, 0.29) is 30.1 Å². The van der Waals surface area contributed by atoms with Crippen LogP contribution in [0.4, 0.5) is 0 Å². The van der Waals surface area contributed by atoms with Crippen LogP contribution in [0.1, 0.15) is 46.0 Å². The molecule has 0 spiro atoms. The summed E-state index contributed by atoms with van der Waals surface area (Å²) in [7, 11) is 5.55. The molecule has 2 rings (SSSR count). The quantitative estimate of drug-likeness (QED) is 0.357. The molecule has 1 heterocycles. The van der Waals surface area contributed by atoms with E-state index in [0.29, 0.717) is 6.54 Å². The fourth-order valence-electron chi connectivity index (χ4n) is 3.04. The number of nitrogens with one attached hydrogen (secondary N) is 1. The number of nitrogens with zero attached hydrogens (tertiary/aromatic N) is 3. The van der Waals surface area contributed by atoms with Crippen LogP contribution in [-0.2, 0) is 17.8 Å². The molecule has 0 amide bonds. The third-order valence-electron chi connectivity index (χ3n) is 4.51. The van der Waals surface area contributed by atoms with Gasteiger partial charge in [0, 0.05) is 33.1 Å². The molecule has 0 fully saturated rings. The average molecular weight is 502 g/mol. The van der Waals surface area contributed by atoms with Crippen molar-refractivity contribution in [1.82, 2.24) is 15.2 Å². The summed E-state index contributed by atoms with van der Waals surface area (Å²) in [5.41, 5.74) is 6.28. The molecule has 1 N–H and O–H groups in total. The lowest BCUT2D eigenvalue weighted by Crippen LogP contribution is -2.38. The maximum Gasteiger partial charge on any atom is 0.194 e. The van der Waals surface area contributed by atoms with Crippen LogP contribution in [0.3, 0.4) is 0 Å². The molecule has 5 nitrogen and oxygen atoms in total. The molecular formula is C20H31IN4OS. The van der Waals surface area contributed by atoms with E-state index in [1.54, 1.807) is 18.4 Å². The first-order valence-corrected chi connectivity index (χ1v) is 9.69. The minimum atomic E-state index is 0. The molecule has 150 valence electrons. The van der Waals surface area contributed by atoms with Crippen LogP contribution in [0.2, 0.25) is 0 Å². The summed E-state index contributed by atoms with van der Waals surface area (Å²) in [6.07, 6.45) is 0.0315. The second-order valence-electron chi connectivity index (χ2n) is 6.69. The number of hydrogen-bond acceptors (Lipinski definition) is 4. The lowest BCUT2D eigenvalue weighted by molar-refractivity contribution is 0.119. The molecule has 0 saturated heterocycles. The van der Waals surface area contributed by atoms with Gasteiger partial charge in [-0.3, -0.25) is 4.99 Å². The average Bonchev–Trinajstić information content (AvgIpc) is 3.04. The standard InChI is InChI=1S/C20H30N4OS.HI/c1-13-8-14(2)18(15(3)9-13)10-22-20(21-5)24(6)11-17-12-26-19(23-17)16(4)25-7;/h8-9,12,16H,10-11H2,1-7H3,(H,21,22);1H. The summed E-state index contributed by atoms with van der Waals surface area (Å²) >= 11 is 1.64. The maximum atomic E-state index is 5.34. The normalized spacial score (nSPS) is 12.5. The van der Waals surface area contributed by atoms with E-state index in [4.69, 9.17) is 4.74 Å². The number of guanidine groups is 1. The van der Waals surface area contributed by atoms with E-state index in [9.17, 15) is 0 Å². The third-order valence-corrected chi connectivity index (χ3v) is 5.56. The molecule has 27 heavy (non-hydrogen) atoms. The lowest BCUT2D eigenvalue weighted by Gasteiger charge is -2.22. The van der Waals surface area contributed by atoms with Gasteiger partial charge in [0.15, 0.2) is 5.96 Å². The minimum absolute atomic E-state index is 0. The Kier molecular flexibility index (Phi) is 9.69. The van der Waals surface area contributed by atoms with E-state index >= 15 is 0 Å². The molecule has 0 radical (unpaired) electrons. The summed E-state index contributed by atoms with van der Waals surface area (Å²) in [6.45, 7) is 9.94. The van der Waals surface area contributed by atoms with Crippen molar-refractivity contribution < 1.29 is 4.74 Å². The van der Waals surface area contributed by atoms with Crippen molar-refractivity contribution in [2.45, 2.75) is 46.9 Å². The third kappa shape index (κ3) is 6.43. The van der Waals surface area contributed by atoms with Crippen molar-refractivity contribution in [2.75, 3.05) is 21.2 Å². The lowest BCUT2D eigenvalue weighted by atomic mass is 10.00. The van der Waals surface area contributed by atoms with Gasteiger partial charge < -0.3 is 15.0 Å². The zero-order chi connectivity index (χ0) is 19.3. The second-order valence-corrected chi connectivity index (χ2v) is 7.58. The zero-order valence-electron chi connectivity index (χ0n) is 17.3. The van der Waals surface area contributed by atoms with Gasteiger partial charge in [-0.1, -0.05) is 17.7 Å². The number of thiazole rings is 1. The predicted molar refractivity (Wildman–Crippen MR) is 125 cm³/mol. The summed E-state index contributed by atoms with van der Waals surface area (Å²) in [4.78, 5) is 11.2. The van der Waals surface area contributed by atoms with Crippen LogP contribution in [0.5, 0.6) is 0 Å². The van der Waals surface area contributed by atoms with E-state index in [2.05, 4.69) is 58.5 Å². The second kappa shape index (κ2) is 11.0. The Hall–Kier alpha value is -1.19. The zero-order valence-corrected chi connectivity index (χ0v) is 20.4. The predicted octanol–water partition coefficient (Wildman–Crippen LogP) is 4.60. The van der Waals surface area contributed by atoms with Crippen LogP contribution in [0.15, 0.2) is 22.5 Å². The van der Waals surface area contributed by atoms with E-state index in [0.717, 1.165) is 23.2 Å². The first kappa shape index (κ1) is 23.8. The fourth-order valence-corrected chi connectivity index (χ4v) is 3.88. The molecule has 2 aromatic rings. The Balaban J connectivity index is 0.00000364. The van der Waals surface area contributed by atoms with Crippen molar-refractivity contribution in [2.24, 2.45) is 4.99 Å². The molecule has 1 aromatic heterocycles. The first-order chi connectivity index (χ1) is 12.3. The van der Waals surface area contributed by atoms with E-state index < -0.39 is 0 Å². The minimum Gasteiger partial charge on any atom is -0.375 e. The fraction of sp³-hybridized carbons (Fsp3) is 0.500. The van der Waals surface area contributed by atoms with Gasteiger partial charge in [-0.25, -0.2) is 4.98 Å². The Morgan fingerprint density at radius 2 is 1.93 bits per heavy atom. The maximum absolute atomic E-state index is 5.34. The molecule has 0 aliphatic rings. The van der Waals surface area contributed by atoms with Crippen molar-refractivity contribution >= 4 is 41.3 Å². The Labute approximate surface area is 184 Å². The molecule has 1 unspecified atom stereocenters. The van der Waals surface area contributed by atoms with E-state index in [1.807, 2.05) is 21.0 Å². The number of methoxy groups -OCH3 is 1. The molecule has 0 bridgehead atoms. The topological polar surface area (TPSA) is 49.8 Å². The highest BCUT2D eigenvalue weighted by atomic mass is 127. The SMILES string of the molecule is CN=C(NCc1c(C)cc(C)cc1C)N(C)Cc1csc(C(C)OC)n1.I. The molecule has 1 atom stereocenters. The van der Waals surface area contributed by atoms with Crippen molar-refractivity contribution in [3.63, 3.8) is 0 Å². The summed E-state index contributed by atoms with van der Waals surface area (Å²) in [5, 5.41) is 6.57. The molecule has 0 saturated carbocycles. The van der Waals surface area contributed by atoms with Gasteiger partial charge in [0.1, 0.15) is 11.1 Å². The van der Waals surface area contributed by atoms with Crippen LogP contribution in [-0.4, -0.2) is 37.0 Å². The molecule has 0 aliphatic carbocycles. The first-order valence-electron chi connectivity index (χ1n) is 8.81. The van der Waals surface area contributed by atoms with Gasteiger partial charge >= 0.3 is 0 Å². The highest BCUT2D eigenvalue weighted by molar-refractivity contribution is 14.0.